The van der Waals surface area contributed by atoms with Crippen LogP contribution in [0.3, 0.4) is 0 Å². The topological polar surface area (TPSA) is 96.1 Å². The van der Waals surface area contributed by atoms with Gasteiger partial charge in [-0.05, 0) is 6.07 Å². The molecule has 0 saturated carbocycles. The number of nitrogens with zero attached hydrogens (tertiary/aromatic N) is 6. The molecular formula is C13H11N7S. The molecule has 2 N–H and O–H groups in total. The van der Waals surface area contributed by atoms with E-state index in [0.29, 0.717) is 16.3 Å². The minimum atomic E-state index is 0.483. The highest BCUT2D eigenvalue weighted by molar-refractivity contribution is 7.15. The zero-order valence-electron chi connectivity index (χ0n) is 11.0. The van der Waals surface area contributed by atoms with Crippen molar-refractivity contribution in [2.75, 3.05) is 17.2 Å². The predicted molar refractivity (Wildman–Crippen MR) is 79.0 cm³/mol. The first-order valence-electron chi connectivity index (χ1n) is 6.48. The lowest BCUT2D eigenvalue weighted by molar-refractivity contribution is 0.702. The van der Waals surface area contributed by atoms with Gasteiger partial charge in [0.15, 0.2) is 10.8 Å². The van der Waals surface area contributed by atoms with Crippen LogP contribution in [0, 0.1) is 11.3 Å². The maximum absolute atomic E-state index is 9.08. The van der Waals surface area contributed by atoms with Gasteiger partial charge in [0.2, 0.25) is 0 Å². The van der Waals surface area contributed by atoms with Crippen molar-refractivity contribution < 1.29 is 0 Å². The first-order valence-corrected chi connectivity index (χ1v) is 7.30. The number of hydrogen-bond acceptors (Lipinski definition) is 7. The third kappa shape index (κ3) is 1.82. The fraction of sp³-hybridized carbons (Fsp3) is 0.231. The molecule has 104 valence electrons. The Balaban J connectivity index is 1.78. The molecule has 0 aliphatic carbocycles. The molecule has 3 aromatic rings. The van der Waals surface area contributed by atoms with Crippen LogP contribution in [0.1, 0.15) is 16.1 Å². The molecule has 4 heterocycles. The summed E-state index contributed by atoms with van der Waals surface area (Å²) in [4.78, 5) is 12.0. The summed E-state index contributed by atoms with van der Waals surface area (Å²) in [5.41, 5.74) is 7.94. The largest absolute Gasteiger partial charge is 0.375 e. The molecule has 4 rings (SSSR count). The van der Waals surface area contributed by atoms with Gasteiger partial charge in [-0.3, -0.25) is 0 Å². The fourth-order valence-electron chi connectivity index (χ4n) is 2.61. The summed E-state index contributed by atoms with van der Waals surface area (Å²) in [6, 6.07) is 4.02. The average Bonchev–Trinajstić information content (AvgIpc) is 3.07. The Morgan fingerprint density at radius 2 is 2.33 bits per heavy atom. The molecule has 1 aliphatic rings. The molecule has 0 radical (unpaired) electrons. The number of aromatic nitrogens is 4. The molecule has 0 unspecified atom stereocenters. The Hall–Kier alpha value is -2.66. The molecule has 1 aliphatic heterocycles. The van der Waals surface area contributed by atoms with Crippen LogP contribution in [-0.2, 0) is 13.0 Å². The van der Waals surface area contributed by atoms with Gasteiger partial charge in [-0.25, -0.2) is 9.97 Å². The SMILES string of the molecule is N#Cc1cnn2c(N3CCc4nc(N)sc4C3)ccnc12. The number of nitrogens with two attached hydrogens (primary N) is 1. The summed E-state index contributed by atoms with van der Waals surface area (Å²) in [6.07, 6.45) is 4.12. The van der Waals surface area contributed by atoms with Gasteiger partial charge in [0.05, 0.1) is 18.4 Å². The first kappa shape index (κ1) is 12.1. The van der Waals surface area contributed by atoms with Crippen molar-refractivity contribution in [1.29, 1.82) is 5.26 Å². The first-order chi connectivity index (χ1) is 10.3. The lowest BCUT2D eigenvalue weighted by Gasteiger charge is -2.28. The normalized spacial score (nSPS) is 14.1. The number of nitrogen functional groups attached to an aromatic ring is 1. The van der Waals surface area contributed by atoms with Crippen molar-refractivity contribution in [2.45, 2.75) is 13.0 Å². The molecule has 0 fully saturated rings. The van der Waals surface area contributed by atoms with E-state index >= 15 is 0 Å². The summed E-state index contributed by atoms with van der Waals surface area (Å²) < 4.78 is 1.72. The molecule has 3 aromatic heterocycles. The van der Waals surface area contributed by atoms with Crippen LogP contribution >= 0.6 is 11.3 Å². The van der Waals surface area contributed by atoms with Crippen LogP contribution in [0.2, 0.25) is 0 Å². The van der Waals surface area contributed by atoms with Crippen LogP contribution in [-0.4, -0.2) is 26.1 Å². The highest BCUT2D eigenvalue weighted by Crippen LogP contribution is 2.29. The Kier molecular flexibility index (Phi) is 2.55. The Labute approximate surface area is 124 Å². The van der Waals surface area contributed by atoms with Crippen LogP contribution in [0.15, 0.2) is 18.5 Å². The molecule has 8 heteroatoms. The molecule has 0 amide bonds. The van der Waals surface area contributed by atoms with Crippen LogP contribution in [0.5, 0.6) is 0 Å². The lowest BCUT2D eigenvalue weighted by atomic mass is 10.2. The van der Waals surface area contributed by atoms with Crippen LogP contribution < -0.4 is 10.6 Å². The summed E-state index contributed by atoms with van der Waals surface area (Å²) in [7, 11) is 0. The summed E-state index contributed by atoms with van der Waals surface area (Å²) in [5, 5.41) is 14.0. The second kappa shape index (κ2) is 4.43. The van der Waals surface area contributed by atoms with Gasteiger partial charge in [-0.2, -0.15) is 14.9 Å². The van der Waals surface area contributed by atoms with E-state index in [1.807, 2.05) is 6.07 Å². The van der Waals surface area contributed by atoms with Crippen molar-refractivity contribution in [2.24, 2.45) is 0 Å². The van der Waals surface area contributed by atoms with E-state index in [-0.39, 0.29) is 0 Å². The third-order valence-electron chi connectivity index (χ3n) is 3.57. The van der Waals surface area contributed by atoms with Gasteiger partial charge in [-0.1, -0.05) is 0 Å². The highest BCUT2D eigenvalue weighted by Gasteiger charge is 2.22. The van der Waals surface area contributed by atoms with E-state index in [2.05, 4.69) is 26.0 Å². The van der Waals surface area contributed by atoms with E-state index in [4.69, 9.17) is 11.0 Å². The summed E-state index contributed by atoms with van der Waals surface area (Å²) in [6.45, 7) is 1.60. The van der Waals surface area contributed by atoms with Crippen LogP contribution in [0.25, 0.3) is 5.65 Å². The quantitative estimate of drug-likeness (QED) is 0.725. The number of nitriles is 1. The second-order valence-electron chi connectivity index (χ2n) is 4.80. The second-order valence-corrected chi connectivity index (χ2v) is 5.92. The van der Waals surface area contributed by atoms with E-state index in [0.717, 1.165) is 31.0 Å². The zero-order valence-corrected chi connectivity index (χ0v) is 11.8. The summed E-state index contributed by atoms with van der Waals surface area (Å²) >= 11 is 1.53. The van der Waals surface area contributed by atoms with Gasteiger partial charge in [0.25, 0.3) is 0 Å². The predicted octanol–water partition coefficient (Wildman–Crippen LogP) is 1.20. The number of fused-ring (bicyclic) bond motifs is 2. The molecular weight excluding hydrogens is 286 g/mol. The average molecular weight is 297 g/mol. The molecule has 0 bridgehead atoms. The van der Waals surface area contributed by atoms with Gasteiger partial charge < -0.3 is 10.6 Å². The van der Waals surface area contributed by atoms with E-state index in [1.54, 1.807) is 16.9 Å². The molecule has 21 heavy (non-hydrogen) atoms. The van der Waals surface area contributed by atoms with Crippen molar-refractivity contribution in [3.8, 4) is 6.07 Å². The molecule has 0 aromatic carbocycles. The number of anilines is 2. The van der Waals surface area contributed by atoms with Gasteiger partial charge in [0, 0.05) is 24.0 Å². The Morgan fingerprint density at radius 1 is 1.43 bits per heavy atom. The van der Waals surface area contributed by atoms with Crippen molar-refractivity contribution in [3.63, 3.8) is 0 Å². The van der Waals surface area contributed by atoms with Crippen LogP contribution in [0.4, 0.5) is 10.9 Å². The smallest absolute Gasteiger partial charge is 0.180 e. The van der Waals surface area contributed by atoms with Gasteiger partial charge in [-0.15, -0.1) is 11.3 Å². The summed E-state index contributed by atoms with van der Waals surface area (Å²) in [5.74, 6) is 0.930. The molecule has 0 atom stereocenters. The fourth-order valence-corrected chi connectivity index (χ4v) is 3.50. The third-order valence-corrected chi connectivity index (χ3v) is 4.49. The van der Waals surface area contributed by atoms with Crippen molar-refractivity contribution in [3.05, 3.63) is 34.6 Å². The molecule has 7 nitrogen and oxygen atoms in total. The number of rotatable bonds is 1. The van der Waals surface area contributed by atoms with Crippen molar-refractivity contribution >= 4 is 27.9 Å². The Bertz CT molecular complexity index is 872. The van der Waals surface area contributed by atoms with Crippen molar-refractivity contribution in [1.82, 2.24) is 19.6 Å². The Morgan fingerprint density at radius 3 is 3.19 bits per heavy atom. The number of thiazole rings is 1. The maximum atomic E-state index is 9.08. The minimum Gasteiger partial charge on any atom is -0.375 e. The minimum absolute atomic E-state index is 0.483. The van der Waals surface area contributed by atoms with E-state index < -0.39 is 0 Å². The maximum Gasteiger partial charge on any atom is 0.180 e. The lowest BCUT2D eigenvalue weighted by Crippen LogP contribution is -2.31. The van der Waals surface area contributed by atoms with Gasteiger partial charge >= 0.3 is 0 Å². The molecule has 0 saturated heterocycles. The highest BCUT2D eigenvalue weighted by atomic mass is 32.1. The standard InChI is InChI=1S/C13H11N7S/c14-5-8-6-17-20-11(1-3-16-12(8)20)19-4-2-9-10(7-19)21-13(15)18-9/h1,3,6H,2,4,7H2,(H2,15,18). The van der Waals surface area contributed by atoms with E-state index in [9.17, 15) is 0 Å². The molecule has 0 spiro atoms. The van der Waals surface area contributed by atoms with E-state index in [1.165, 1.54) is 16.2 Å². The zero-order chi connectivity index (χ0) is 14.4. The van der Waals surface area contributed by atoms with Gasteiger partial charge in [0.1, 0.15) is 17.5 Å². The number of hydrogen-bond donors (Lipinski definition) is 1. The monoisotopic (exact) mass is 297 g/mol.